The number of fused-ring (bicyclic) bond motifs is 1. The molecule has 1 fully saturated rings. The van der Waals surface area contributed by atoms with Crippen molar-refractivity contribution in [2.24, 2.45) is 0 Å². The smallest absolute Gasteiger partial charge is 0.357 e. The molecule has 1 saturated heterocycles. The van der Waals surface area contributed by atoms with Gasteiger partial charge in [-0.3, -0.25) is 9.69 Å². The van der Waals surface area contributed by atoms with E-state index >= 15 is 0 Å². The number of para-hydroxylation sites is 1. The summed E-state index contributed by atoms with van der Waals surface area (Å²) in [5, 5.41) is 5.90. The Morgan fingerprint density at radius 3 is 2.09 bits per heavy atom. The van der Waals surface area contributed by atoms with Crippen molar-refractivity contribution in [2.75, 3.05) is 26.2 Å². The second-order valence-electron chi connectivity index (χ2n) is 11.0. The van der Waals surface area contributed by atoms with Crippen LogP contribution in [0.2, 0.25) is 0 Å². The maximum atomic E-state index is 14.3. The first kappa shape index (κ1) is 29.2. The minimum Gasteiger partial charge on any atom is -0.364 e. The lowest BCUT2D eigenvalue weighted by Gasteiger charge is -2.34. The van der Waals surface area contributed by atoms with E-state index in [1.54, 1.807) is 17.2 Å². The summed E-state index contributed by atoms with van der Waals surface area (Å²) in [4.78, 5) is 40.0. The molecular formula is C37H36N4O3. The van der Waals surface area contributed by atoms with Crippen LogP contribution in [0, 0.1) is 0 Å². The number of pyridine rings is 1. The molecular weight excluding hydrogens is 548 g/mol. The van der Waals surface area contributed by atoms with Crippen LogP contribution >= 0.6 is 0 Å². The average molecular weight is 585 g/mol. The number of carbonyl (C=O) groups excluding carboxylic acids is 2. The van der Waals surface area contributed by atoms with Gasteiger partial charge in [0.15, 0.2) is 0 Å². The number of benzene rings is 4. The molecule has 1 aromatic heterocycles. The number of piperazine rings is 1. The number of hydrogen-bond donors (Lipinski definition) is 1. The Kier molecular flexibility index (Phi) is 9.06. The fourth-order valence-corrected chi connectivity index (χ4v) is 5.78. The van der Waals surface area contributed by atoms with Crippen molar-refractivity contribution in [1.82, 2.24) is 20.3 Å². The molecule has 1 amide bonds. The van der Waals surface area contributed by atoms with Crippen LogP contribution in [0.25, 0.3) is 22.2 Å². The Labute approximate surface area is 258 Å². The van der Waals surface area contributed by atoms with E-state index in [0.29, 0.717) is 43.9 Å². The van der Waals surface area contributed by atoms with Gasteiger partial charge in [0.1, 0.15) is 0 Å². The van der Waals surface area contributed by atoms with E-state index in [9.17, 15) is 9.59 Å². The highest BCUT2D eigenvalue weighted by molar-refractivity contribution is 6.09. The van der Waals surface area contributed by atoms with Gasteiger partial charge in [0, 0.05) is 49.2 Å². The van der Waals surface area contributed by atoms with Crippen LogP contribution in [0.1, 0.15) is 51.2 Å². The molecule has 7 nitrogen and oxygen atoms in total. The lowest BCUT2D eigenvalue weighted by molar-refractivity contribution is -0.130. The fourth-order valence-electron chi connectivity index (χ4n) is 5.78. The van der Waals surface area contributed by atoms with E-state index in [4.69, 9.17) is 9.82 Å². The van der Waals surface area contributed by atoms with Gasteiger partial charge >= 0.3 is 5.97 Å². The summed E-state index contributed by atoms with van der Waals surface area (Å²) in [6.07, 6.45) is 0.767. The number of hydroxylamine groups is 2. The number of aromatic nitrogens is 1. The van der Waals surface area contributed by atoms with Gasteiger partial charge in [-0.1, -0.05) is 104 Å². The highest BCUT2D eigenvalue weighted by atomic mass is 16.7. The van der Waals surface area contributed by atoms with Crippen molar-refractivity contribution in [3.63, 3.8) is 0 Å². The molecule has 1 aliphatic rings. The summed E-state index contributed by atoms with van der Waals surface area (Å²) in [6.45, 7) is 5.09. The second kappa shape index (κ2) is 13.6. The molecule has 0 bridgehead atoms. The highest BCUT2D eigenvalue weighted by Gasteiger charge is 2.27. The lowest BCUT2D eigenvalue weighted by Crippen LogP contribution is -2.46. The quantitative estimate of drug-likeness (QED) is 0.209. The Balaban J connectivity index is 1.32. The largest absolute Gasteiger partial charge is 0.364 e. The van der Waals surface area contributed by atoms with Gasteiger partial charge < -0.3 is 10.2 Å². The number of hydrogen-bond acceptors (Lipinski definition) is 6. The molecule has 5 aromatic rings. The lowest BCUT2D eigenvalue weighted by atomic mass is 9.94. The topological polar surface area (TPSA) is 74.8 Å². The summed E-state index contributed by atoms with van der Waals surface area (Å²) in [5.41, 5.74) is 5.71. The van der Waals surface area contributed by atoms with Gasteiger partial charge in [0.2, 0.25) is 0 Å². The van der Waals surface area contributed by atoms with Crippen molar-refractivity contribution in [2.45, 2.75) is 25.9 Å². The molecule has 0 unspecified atom stereocenters. The third-order valence-electron chi connectivity index (χ3n) is 8.12. The van der Waals surface area contributed by atoms with Crippen molar-refractivity contribution < 1.29 is 14.4 Å². The molecule has 1 aliphatic heterocycles. The molecule has 2 heterocycles. The molecule has 222 valence electrons. The molecule has 7 heteroatoms. The van der Waals surface area contributed by atoms with Gasteiger partial charge in [0.25, 0.3) is 5.91 Å². The zero-order valence-electron chi connectivity index (χ0n) is 24.9. The Bertz CT molecular complexity index is 1720. The molecule has 0 spiro atoms. The maximum Gasteiger partial charge on any atom is 0.357 e. The van der Waals surface area contributed by atoms with Gasteiger partial charge in [-0.05, 0) is 30.2 Å². The molecule has 44 heavy (non-hydrogen) atoms. The zero-order valence-corrected chi connectivity index (χ0v) is 24.9. The average Bonchev–Trinajstić information content (AvgIpc) is 3.08. The van der Waals surface area contributed by atoms with Gasteiger partial charge in [-0.2, -0.15) is 0 Å². The predicted molar refractivity (Wildman–Crippen MR) is 173 cm³/mol. The van der Waals surface area contributed by atoms with Crippen LogP contribution in [0.3, 0.4) is 0 Å². The third kappa shape index (κ3) is 6.54. The summed E-state index contributed by atoms with van der Waals surface area (Å²) in [7, 11) is 0. The van der Waals surface area contributed by atoms with E-state index in [2.05, 4.69) is 29.3 Å². The van der Waals surface area contributed by atoms with Crippen molar-refractivity contribution >= 4 is 22.8 Å². The van der Waals surface area contributed by atoms with Crippen molar-refractivity contribution in [1.29, 1.82) is 0 Å². The van der Waals surface area contributed by atoms with Crippen LogP contribution in [0.5, 0.6) is 0 Å². The van der Waals surface area contributed by atoms with E-state index < -0.39 is 0 Å². The van der Waals surface area contributed by atoms with E-state index in [1.807, 2.05) is 91.0 Å². The summed E-state index contributed by atoms with van der Waals surface area (Å²) in [6, 6.07) is 37.0. The minimum atomic E-state index is -0.355. The van der Waals surface area contributed by atoms with E-state index in [0.717, 1.165) is 39.7 Å². The van der Waals surface area contributed by atoms with Crippen molar-refractivity contribution in [3.05, 3.63) is 138 Å². The summed E-state index contributed by atoms with van der Waals surface area (Å²) in [5.74, 6) is -0.464. The maximum absolute atomic E-state index is 14.3. The number of amides is 1. The van der Waals surface area contributed by atoms with Gasteiger partial charge in [-0.25, -0.2) is 9.78 Å². The molecule has 6 rings (SSSR count). The number of rotatable bonds is 9. The van der Waals surface area contributed by atoms with Crippen LogP contribution in [0.4, 0.5) is 0 Å². The van der Waals surface area contributed by atoms with E-state index in [-0.39, 0.29) is 17.9 Å². The molecule has 0 aliphatic carbocycles. The fraction of sp³-hybridized carbons (Fsp3) is 0.216. The predicted octanol–water partition coefficient (Wildman–Crippen LogP) is 6.67. The van der Waals surface area contributed by atoms with Gasteiger partial charge in [0.05, 0.1) is 28.4 Å². The SMILES string of the molecule is CC[C@H](NC(=O)c1c(CN2CCN(OC(=O)c3ccccc3)CC2)c(-c2ccccc2)nc2ccccc12)c1ccccc1. The number of nitrogens with one attached hydrogen (secondary N) is 1. The first-order valence-corrected chi connectivity index (χ1v) is 15.2. The molecule has 0 saturated carbocycles. The summed E-state index contributed by atoms with van der Waals surface area (Å²) >= 11 is 0. The van der Waals surface area contributed by atoms with E-state index in [1.165, 1.54) is 0 Å². The summed E-state index contributed by atoms with van der Waals surface area (Å²) < 4.78 is 0. The Morgan fingerprint density at radius 1 is 0.795 bits per heavy atom. The Morgan fingerprint density at radius 2 is 1.41 bits per heavy atom. The molecule has 0 radical (unpaired) electrons. The van der Waals surface area contributed by atoms with Crippen LogP contribution in [-0.4, -0.2) is 53.0 Å². The Hall–Kier alpha value is -4.85. The first-order chi connectivity index (χ1) is 21.6. The molecule has 4 aromatic carbocycles. The zero-order chi connectivity index (χ0) is 30.3. The molecule has 1 N–H and O–H groups in total. The standard InChI is InChI=1S/C37H36N4O3/c1-2-32(27-14-6-3-7-15-27)39-36(42)34-30-20-12-13-21-33(30)38-35(28-16-8-4-9-17-28)31(34)26-40-22-24-41(25-23-40)44-37(43)29-18-10-5-11-19-29/h3-21,32H,2,22-26H2,1H3,(H,39,42)/t32-/m0/s1. The van der Waals surface area contributed by atoms with Crippen LogP contribution in [-0.2, 0) is 11.4 Å². The van der Waals surface area contributed by atoms with Crippen LogP contribution < -0.4 is 5.32 Å². The number of carbonyl (C=O) groups is 2. The monoisotopic (exact) mass is 584 g/mol. The first-order valence-electron chi connectivity index (χ1n) is 15.2. The number of nitrogens with zero attached hydrogens (tertiary/aromatic N) is 3. The third-order valence-corrected chi connectivity index (χ3v) is 8.12. The second-order valence-corrected chi connectivity index (χ2v) is 11.0. The van der Waals surface area contributed by atoms with Crippen LogP contribution in [0.15, 0.2) is 115 Å². The van der Waals surface area contributed by atoms with Crippen molar-refractivity contribution in [3.8, 4) is 11.3 Å². The molecule has 1 atom stereocenters. The highest BCUT2D eigenvalue weighted by Crippen LogP contribution is 2.32. The van der Waals surface area contributed by atoms with Gasteiger partial charge in [-0.15, -0.1) is 5.06 Å². The minimum absolute atomic E-state index is 0.109. The normalized spacial score (nSPS) is 14.7.